The lowest BCUT2D eigenvalue weighted by atomic mass is 10.0. The molecule has 4 aliphatic heterocycles. The van der Waals surface area contributed by atoms with Gasteiger partial charge in [0.05, 0.1) is 48.8 Å². The van der Waals surface area contributed by atoms with Crippen LogP contribution in [-0.2, 0) is 32.5 Å². The van der Waals surface area contributed by atoms with Crippen molar-refractivity contribution in [3.05, 3.63) is 130 Å². The molecular formula is C49H52N4O6S. The second-order valence-electron chi connectivity index (χ2n) is 16.6. The van der Waals surface area contributed by atoms with Gasteiger partial charge in [0, 0.05) is 43.6 Å². The SMILES string of the molecule is COc1cc2c(cc1OCc1cc(CCSCC(C)C)cc(COc3cc4c(cc3OC)C(=O)N3c5ccccc5C[C@H]3CN4C)c1)NC[C@@H]1Cc3ccccc3N1C2=O. The number of anilines is 4. The molecule has 0 aliphatic carbocycles. The Morgan fingerprint density at radius 1 is 0.683 bits per heavy atom. The van der Waals surface area contributed by atoms with Gasteiger partial charge in [-0.25, -0.2) is 0 Å². The Labute approximate surface area is 356 Å². The van der Waals surface area contributed by atoms with E-state index in [1.54, 1.807) is 20.3 Å². The van der Waals surface area contributed by atoms with Crippen molar-refractivity contribution < 1.29 is 28.5 Å². The second kappa shape index (κ2) is 16.7. The van der Waals surface area contributed by atoms with Crippen molar-refractivity contribution in [3.63, 3.8) is 0 Å². The predicted molar refractivity (Wildman–Crippen MR) is 240 cm³/mol. The van der Waals surface area contributed by atoms with Gasteiger partial charge in [0.25, 0.3) is 11.8 Å². The van der Waals surface area contributed by atoms with Crippen LogP contribution in [0.3, 0.4) is 0 Å². The average Bonchev–Trinajstić information content (AvgIpc) is 3.75. The normalized spacial score (nSPS) is 17.5. The second-order valence-corrected chi connectivity index (χ2v) is 17.8. The maximum absolute atomic E-state index is 14.2. The summed E-state index contributed by atoms with van der Waals surface area (Å²) in [5, 5.41) is 3.54. The van der Waals surface area contributed by atoms with Crippen LogP contribution in [-0.4, -0.2) is 69.8 Å². The van der Waals surface area contributed by atoms with Crippen molar-refractivity contribution in [1.29, 1.82) is 0 Å². The third-order valence-electron chi connectivity index (χ3n) is 11.9. The van der Waals surface area contributed by atoms with E-state index < -0.39 is 0 Å². The molecule has 0 unspecified atom stereocenters. The number of hydrogen-bond acceptors (Lipinski definition) is 9. The molecule has 0 radical (unpaired) electrons. The Kier molecular flexibility index (Phi) is 11.0. The highest BCUT2D eigenvalue weighted by molar-refractivity contribution is 7.99. The summed E-state index contributed by atoms with van der Waals surface area (Å²) >= 11 is 1.96. The Bertz CT molecular complexity index is 2450. The molecule has 0 bridgehead atoms. The van der Waals surface area contributed by atoms with Crippen LogP contribution >= 0.6 is 11.8 Å². The van der Waals surface area contributed by atoms with Crippen molar-refractivity contribution in [2.24, 2.45) is 5.92 Å². The Morgan fingerprint density at radius 2 is 1.25 bits per heavy atom. The first kappa shape index (κ1) is 39.6. The predicted octanol–water partition coefficient (Wildman–Crippen LogP) is 8.81. The van der Waals surface area contributed by atoms with Gasteiger partial charge < -0.3 is 39.0 Å². The lowest BCUT2D eigenvalue weighted by molar-refractivity contribution is 0.0975. The highest BCUT2D eigenvalue weighted by Gasteiger charge is 2.40. The molecule has 4 heterocycles. The van der Waals surface area contributed by atoms with E-state index in [0.29, 0.717) is 66.3 Å². The number of aryl methyl sites for hydroxylation is 1. The lowest BCUT2D eigenvalue weighted by Crippen LogP contribution is -2.41. The fraction of sp³-hybridized carbons (Fsp3) is 0.347. The molecular weight excluding hydrogens is 773 g/mol. The molecule has 0 spiro atoms. The molecule has 1 N–H and O–H groups in total. The van der Waals surface area contributed by atoms with E-state index in [-0.39, 0.29) is 23.9 Å². The van der Waals surface area contributed by atoms with Crippen LogP contribution in [0.25, 0.3) is 0 Å². The summed E-state index contributed by atoms with van der Waals surface area (Å²) in [6.07, 6.45) is 2.54. The van der Waals surface area contributed by atoms with E-state index >= 15 is 0 Å². The number of ether oxygens (including phenoxy) is 4. The Balaban J connectivity index is 0.959. The van der Waals surface area contributed by atoms with Crippen molar-refractivity contribution in [2.45, 2.75) is 58.4 Å². The number of methoxy groups -OCH3 is 2. The number of para-hydroxylation sites is 2. The lowest BCUT2D eigenvalue weighted by Gasteiger charge is -2.25. The average molecular weight is 825 g/mol. The topological polar surface area (TPSA) is 92.8 Å². The molecule has 5 aromatic carbocycles. The molecule has 310 valence electrons. The van der Waals surface area contributed by atoms with Crippen LogP contribution in [0.1, 0.15) is 62.4 Å². The minimum Gasteiger partial charge on any atom is -0.493 e. The summed E-state index contributed by atoms with van der Waals surface area (Å²) in [7, 11) is 5.26. The molecule has 0 aromatic heterocycles. The number of amides is 2. The van der Waals surface area contributed by atoms with Crippen molar-refractivity contribution in [2.75, 3.05) is 65.9 Å². The molecule has 2 atom stereocenters. The minimum atomic E-state index is -0.0436. The zero-order valence-corrected chi connectivity index (χ0v) is 35.8. The van der Waals surface area contributed by atoms with Crippen LogP contribution in [0.2, 0.25) is 0 Å². The van der Waals surface area contributed by atoms with Crippen LogP contribution in [0.15, 0.2) is 91.0 Å². The monoisotopic (exact) mass is 824 g/mol. The summed E-state index contributed by atoms with van der Waals surface area (Å²) in [6.45, 7) is 6.42. The first-order chi connectivity index (χ1) is 29.2. The third kappa shape index (κ3) is 7.59. The number of carbonyl (C=O) groups excluding carboxylic acids is 2. The van der Waals surface area contributed by atoms with Gasteiger partial charge in [-0.1, -0.05) is 62.4 Å². The highest BCUT2D eigenvalue weighted by Crippen LogP contribution is 2.43. The molecule has 5 aromatic rings. The largest absolute Gasteiger partial charge is 0.493 e. The number of nitrogens with one attached hydrogen (secondary N) is 1. The third-order valence-corrected chi connectivity index (χ3v) is 13.3. The maximum atomic E-state index is 14.2. The number of nitrogens with zero attached hydrogens (tertiary/aromatic N) is 3. The minimum absolute atomic E-state index is 0.0265. The van der Waals surface area contributed by atoms with Crippen molar-refractivity contribution >= 4 is 46.3 Å². The number of fused-ring (bicyclic) bond motifs is 8. The number of carbonyl (C=O) groups is 2. The van der Waals surface area contributed by atoms with Crippen molar-refractivity contribution in [1.82, 2.24) is 0 Å². The van der Waals surface area contributed by atoms with Gasteiger partial charge >= 0.3 is 0 Å². The molecule has 9 rings (SSSR count). The fourth-order valence-electron chi connectivity index (χ4n) is 9.13. The van der Waals surface area contributed by atoms with Gasteiger partial charge in [0.1, 0.15) is 13.2 Å². The molecule has 11 heteroatoms. The number of thioether (sulfide) groups is 1. The molecule has 0 fully saturated rings. The summed E-state index contributed by atoms with van der Waals surface area (Å²) < 4.78 is 24.8. The van der Waals surface area contributed by atoms with Crippen LogP contribution < -0.4 is 39.0 Å². The molecule has 0 saturated carbocycles. The summed E-state index contributed by atoms with van der Waals surface area (Å²) in [5.41, 5.74) is 10.3. The van der Waals surface area contributed by atoms with Gasteiger partial charge in [0.2, 0.25) is 0 Å². The molecule has 4 aliphatic rings. The van der Waals surface area contributed by atoms with E-state index in [2.05, 4.69) is 54.4 Å². The Hall–Kier alpha value is -5.81. The van der Waals surface area contributed by atoms with E-state index in [0.717, 1.165) is 64.6 Å². The van der Waals surface area contributed by atoms with Crippen molar-refractivity contribution in [3.8, 4) is 23.0 Å². The van der Waals surface area contributed by atoms with Gasteiger partial charge in [-0.05, 0) is 94.8 Å². The molecule has 10 nitrogen and oxygen atoms in total. The molecule has 0 saturated heterocycles. The summed E-state index contributed by atoms with van der Waals surface area (Å²) in [6, 6.07) is 30.4. The van der Waals surface area contributed by atoms with Crippen LogP contribution in [0.4, 0.5) is 22.7 Å². The maximum Gasteiger partial charge on any atom is 0.260 e. The van der Waals surface area contributed by atoms with E-state index in [4.69, 9.17) is 18.9 Å². The smallest absolute Gasteiger partial charge is 0.260 e. The fourth-order valence-corrected chi connectivity index (χ4v) is 10.1. The first-order valence-electron chi connectivity index (χ1n) is 20.9. The van der Waals surface area contributed by atoms with E-state index in [9.17, 15) is 9.59 Å². The number of rotatable bonds is 13. The van der Waals surface area contributed by atoms with Crippen LogP contribution in [0, 0.1) is 5.92 Å². The van der Waals surface area contributed by atoms with Gasteiger partial charge in [-0.2, -0.15) is 11.8 Å². The molecule has 60 heavy (non-hydrogen) atoms. The zero-order valence-electron chi connectivity index (χ0n) is 35.0. The van der Waals surface area contributed by atoms with E-state index in [1.807, 2.05) is 83.2 Å². The molecule has 2 amide bonds. The highest BCUT2D eigenvalue weighted by atomic mass is 32.2. The Morgan fingerprint density at radius 3 is 1.90 bits per heavy atom. The van der Waals surface area contributed by atoms with Gasteiger partial charge in [-0.15, -0.1) is 0 Å². The number of likely N-dealkylation sites (N-methyl/N-ethyl adjacent to an activating group) is 1. The standard InChI is InChI=1S/C49H52N4O6S/c1-30(2)29-60-15-14-31-16-32(27-58-46-23-40-38(21-44(46)56-4)48(54)52-36(25-50-40)19-34-10-6-8-12-41(34)52)18-33(17-31)28-59-47-24-43-39(22-45(47)57-5)49(55)53-37(26-51(43)3)20-35-11-7-9-13-42(35)53/h6-13,16-18,21-24,30,36-37,50H,14-15,19-20,25-29H2,1-5H3/t36-,37-/m0/s1. The van der Waals surface area contributed by atoms with Gasteiger partial charge in [-0.3, -0.25) is 9.59 Å². The first-order valence-corrected chi connectivity index (χ1v) is 22.0. The number of hydrogen-bond donors (Lipinski definition) is 1. The zero-order chi connectivity index (χ0) is 41.5. The quantitative estimate of drug-likeness (QED) is 0.117. The summed E-state index contributed by atoms with van der Waals surface area (Å²) in [5.74, 6) is 4.83. The van der Waals surface area contributed by atoms with E-state index in [1.165, 1.54) is 16.7 Å². The summed E-state index contributed by atoms with van der Waals surface area (Å²) in [4.78, 5) is 34.2. The van der Waals surface area contributed by atoms with Gasteiger partial charge in [0.15, 0.2) is 23.0 Å². The van der Waals surface area contributed by atoms with Crippen LogP contribution in [0.5, 0.6) is 23.0 Å². The number of benzene rings is 5.